The number of benzene rings is 2. The highest BCUT2D eigenvalue weighted by atomic mass is 16.5. The van der Waals surface area contributed by atoms with Crippen molar-refractivity contribution >= 4 is 0 Å². The molecule has 3 nitrogen and oxygen atoms in total. The van der Waals surface area contributed by atoms with Crippen molar-refractivity contribution in [1.82, 2.24) is 4.98 Å². The second kappa shape index (κ2) is 10.7. The maximum absolute atomic E-state index is 6.04. The van der Waals surface area contributed by atoms with Crippen LogP contribution in [0.25, 0.3) is 0 Å². The normalized spacial score (nSPS) is 12.7. The summed E-state index contributed by atoms with van der Waals surface area (Å²) >= 11 is 0. The molecule has 3 heteroatoms. The number of para-hydroxylation sites is 1. The first-order chi connectivity index (χ1) is 15.0. The van der Waals surface area contributed by atoms with E-state index in [0.717, 1.165) is 42.9 Å². The van der Waals surface area contributed by atoms with Crippen LogP contribution in [-0.2, 0) is 11.8 Å². The quantitative estimate of drug-likeness (QED) is 0.337. The number of terminal acetylenes is 1. The lowest BCUT2D eigenvalue weighted by molar-refractivity contribution is 0.242. The zero-order valence-electron chi connectivity index (χ0n) is 18.7. The van der Waals surface area contributed by atoms with Crippen molar-refractivity contribution in [1.29, 1.82) is 0 Å². The van der Waals surface area contributed by atoms with Crippen molar-refractivity contribution in [3.05, 3.63) is 84.1 Å². The standard InChI is InChI=1S/C28H31NO2/c1-5-28(6-2,23-17-19-26(20-18-23)30-22(3)4)21-11-13-24-12-10-16-27(29-24)31-25-14-8-7-9-15-25/h1,7-10,12,14-20,22H,6,11,13,21H2,2-4H3. The van der Waals surface area contributed by atoms with Crippen molar-refractivity contribution in [2.45, 2.75) is 58.0 Å². The Morgan fingerprint density at radius 2 is 1.68 bits per heavy atom. The molecule has 160 valence electrons. The van der Waals surface area contributed by atoms with Crippen molar-refractivity contribution < 1.29 is 9.47 Å². The molecule has 0 aliphatic rings. The largest absolute Gasteiger partial charge is 0.491 e. The third kappa shape index (κ3) is 6.12. The van der Waals surface area contributed by atoms with Gasteiger partial charge in [0.2, 0.25) is 5.88 Å². The Morgan fingerprint density at radius 1 is 0.935 bits per heavy atom. The molecule has 31 heavy (non-hydrogen) atoms. The van der Waals surface area contributed by atoms with Gasteiger partial charge in [-0.15, -0.1) is 6.42 Å². The van der Waals surface area contributed by atoms with Crippen molar-refractivity contribution in [3.63, 3.8) is 0 Å². The number of pyridine rings is 1. The molecular weight excluding hydrogens is 382 g/mol. The van der Waals surface area contributed by atoms with E-state index < -0.39 is 0 Å². The Morgan fingerprint density at radius 3 is 2.32 bits per heavy atom. The fraction of sp³-hybridized carbons (Fsp3) is 0.321. The summed E-state index contributed by atoms with van der Waals surface area (Å²) in [5.41, 5.74) is 1.90. The molecule has 0 spiro atoms. The van der Waals surface area contributed by atoms with Crippen LogP contribution in [0.15, 0.2) is 72.8 Å². The van der Waals surface area contributed by atoms with E-state index in [2.05, 4.69) is 30.0 Å². The zero-order valence-corrected chi connectivity index (χ0v) is 18.7. The van der Waals surface area contributed by atoms with Crippen LogP contribution in [0.5, 0.6) is 17.4 Å². The number of ether oxygens (including phenoxy) is 2. The summed E-state index contributed by atoms with van der Waals surface area (Å²) in [4.78, 5) is 4.66. The lowest BCUT2D eigenvalue weighted by Crippen LogP contribution is -2.23. The van der Waals surface area contributed by atoms with Crippen LogP contribution in [0.2, 0.25) is 0 Å². The van der Waals surface area contributed by atoms with Gasteiger partial charge >= 0.3 is 0 Å². The highest BCUT2D eigenvalue weighted by Gasteiger charge is 2.27. The fourth-order valence-corrected chi connectivity index (χ4v) is 3.74. The van der Waals surface area contributed by atoms with Gasteiger partial charge in [-0.25, -0.2) is 4.98 Å². The average Bonchev–Trinajstić information content (AvgIpc) is 2.78. The topological polar surface area (TPSA) is 31.4 Å². The number of rotatable bonds is 10. The van der Waals surface area contributed by atoms with Gasteiger partial charge in [-0.3, -0.25) is 0 Å². The number of aryl methyl sites for hydroxylation is 1. The Bertz CT molecular complexity index is 990. The smallest absolute Gasteiger partial charge is 0.219 e. The number of hydrogen-bond donors (Lipinski definition) is 0. The lowest BCUT2D eigenvalue weighted by atomic mass is 9.75. The van der Waals surface area contributed by atoms with Crippen molar-refractivity contribution in [2.75, 3.05) is 0 Å². The highest BCUT2D eigenvalue weighted by molar-refractivity contribution is 5.38. The summed E-state index contributed by atoms with van der Waals surface area (Å²) in [6.07, 6.45) is 9.78. The van der Waals surface area contributed by atoms with Gasteiger partial charge in [0, 0.05) is 11.8 Å². The predicted octanol–water partition coefficient (Wildman–Crippen LogP) is 6.97. The van der Waals surface area contributed by atoms with E-state index in [1.165, 1.54) is 5.56 Å². The predicted molar refractivity (Wildman–Crippen MR) is 127 cm³/mol. The summed E-state index contributed by atoms with van der Waals surface area (Å²) in [7, 11) is 0. The summed E-state index contributed by atoms with van der Waals surface area (Å²) in [6.45, 7) is 6.21. The average molecular weight is 414 g/mol. The van der Waals surface area contributed by atoms with Gasteiger partial charge < -0.3 is 9.47 Å². The van der Waals surface area contributed by atoms with E-state index >= 15 is 0 Å². The summed E-state index contributed by atoms with van der Waals surface area (Å²) in [5, 5.41) is 0. The third-order valence-electron chi connectivity index (χ3n) is 5.44. The van der Waals surface area contributed by atoms with Crippen molar-refractivity contribution in [3.8, 4) is 29.7 Å². The molecule has 1 unspecified atom stereocenters. The first-order valence-corrected chi connectivity index (χ1v) is 11.0. The van der Waals surface area contributed by atoms with E-state index in [1.54, 1.807) is 0 Å². The van der Waals surface area contributed by atoms with Gasteiger partial charge in [0.15, 0.2) is 0 Å². The van der Waals surface area contributed by atoms with Crippen LogP contribution >= 0.6 is 0 Å². The number of aromatic nitrogens is 1. The summed E-state index contributed by atoms with van der Waals surface area (Å²) in [6, 6.07) is 23.9. The molecule has 0 saturated heterocycles. The van der Waals surface area contributed by atoms with E-state index in [9.17, 15) is 0 Å². The van der Waals surface area contributed by atoms with E-state index in [1.807, 2.05) is 74.5 Å². The molecule has 0 aliphatic carbocycles. The van der Waals surface area contributed by atoms with E-state index in [4.69, 9.17) is 15.9 Å². The summed E-state index contributed by atoms with van der Waals surface area (Å²) < 4.78 is 11.6. The molecule has 0 radical (unpaired) electrons. The first-order valence-electron chi connectivity index (χ1n) is 11.0. The monoisotopic (exact) mass is 413 g/mol. The molecule has 1 aromatic heterocycles. The van der Waals surface area contributed by atoms with Gasteiger partial charge in [0.05, 0.1) is 11.5 Å². The van der Waals surface area contributed by atoms with Crippen LogP contribution in [0.4, 0.5) is 0 Å². The van der Waals surface area contributed by atoms with Gasteiger partial charge in [-0.05, 0) is 75.4 Å². The molecule has 3 rings (SSSR count). The third-order valence-corrected chi connectivity index (χ3v) is 5.44. The van der Waals surface area contributed by atoms with E-state index in [-0.39, 0.29) is 11.5 Å². The Kier molecular flexibility index (Phi) is 7.73. The van der Waals surface area contributed by atoms with Crippen LogP contribution < -0.4 is 9.47 Å². The molecule has 0 amide bonds. The maximum Gasteiger partial charge on any atom is 0.219 e. The van der Waals surface area contributed by atoms with Gasteiger partial charge in [-0.2, -0.15) is 0 Å². The highest BCUT2D eigenvalue weighted by Crippen LogP contribution is 2.34. The van der Waals surface area contributed by atoms with Crippen LogP contribution in [0, 0.1) is 12.3 Å². The number of hydrogen-bond acceptors (Lipinski definition) is 3. The molecule has 2 aromatic carbocycles. The minimum Gasteiger partial charge on any atom is -0.491 e. The van der Waals surface area contributed by atoms with Crippen LogP contribution in [0.3, 0.4) is 0 Å². The second-order valence-electron chi connectivity index (χ2n) is 8.01. The van der Waals surface area contributed by atoms with Crippen molar-refractivity contribution in [2.24, 2.45) is 0 Å². The molecule has 3 aromatic rings. The van der Waals surface area contributed by atoms with Gasteiger partial charge in [-0.1, -0.05) is 49.2 Å². The number of nitrogens with zero attached hydrogens (tertiary/aromatic N) is 1. The zero-order chi connectivity index (χ0) is 22.1. The molecule has 0 saturated carbocycles. The summed E-state index contributed by atoms with van der Waals surface area (Å²) in [5.74, 6) is 5.36. The molecule has 0 bridgehead atoms. The van der Waals surface area contributed by atoms with Crippen LogP contribution in [-0.4, -0.2) is 11.1 Å². The van der Waals surface area contributed by atoms with E-state index in [0.29, 0.717) is 5.88 Å². The Balaban J connectivity index is 1.64. The molecular formula is C28H31NO2. The van der Waals surface area contributed by atoms with Crippen LogP contribution in [0.1, 0.15) is 51.3 Å². The van der Waals surface area contributed by atoms with Gasteiger partial charge in [0.25, 0.3) is 0 Å². The molecule has 0 fully saturated rings. The van der Waals surface area contributed by atoms with Gasteiger partial charge in [0.1, 0.15) is 11.5 Å². The molecule has 0 aliphatic heterocycles. The second-order valence-corrected chi connectivity index (χ2v) is 8.01. The first kappa shape index (κ1) is 22.4. The molecule has 1 heterocycles. The minimum absolute atomic E-state index is 0.156. The Labute approximate surface area is 186 Å². The SMILES string of the molecule is C#CC(CC)(CCCc1cccc(Oc2ccccc2)n1)c1ccc(OC(C)C)cc1. The molecule has 1 atom stereocenters. The maximum atomic E-state index is 6.04. The lowest BCUT2D eigenvalue weighted by Gasteiger charge is -2.28. The Hall–Kier alpha value is -3.25. The molecule has 0 N–H and O–H groups in total. The fourth-order valence-electron chi connectivity index (χ4n) is 3.74. The minimum atomic E-state index is -0.283.